The van der Waals surface area contributed by atoms with Gasteiger partial charge in [-0.1, -0.05) is 45.0 Å². The number of Topliss-reactive ketones (excluding diaryl/α,β-unsaturated/α-hetero) is 1. The van der Waals surface area contributed by atoms with Crippen LogP contribution in [-0.2, 0) is 14.4 Å². The first kappa shape index (κ1) is 20.9. The minimum absolute atomic E-state index is 0.105. The van der Waals surface area contributed by atoms with Gasteiger partial charge in [0.1, 0.15) is 19.3 Å². The molecule has 4 aliphatic rings. The molecule has 4 aliphatic heterocycles. The highest BCUT2D eigenvalue weighted by Crippen LogP contribution is 2.54. The summed E-state index contributed by atoms with van der Waals surface area (Å²) >= 11 is 0. The lowest BCUT2D eigenvalue weighted by atomic mass is 9.79. The molecule has 0 aliphatic carbocycles. The van der Waals surface area contributed by atoms with E-state index in [-0.39, 0.29) is 17.6 Å². The van der Waals surface area contributed by atoms with Crippen molar-refractivity contribution < 1.29 is 23.9 Å². The Balaban J connectivity index is 1.47. The van der Waals surface area contributed by atoms with Gasteiger partial charge in [0, 0.05) is 11.5 Å². The van der Waals surface area contributed by atoms with E-state index in [2.05, 4.69) is 5.10 Å². The molecule has 0 radical (unpaired) electrons. The van der Waals surface area contributed by atoms with Crippen LogP contribution in [0.1, 0.15) is 37.9 Å². The molecule has 8 nitrogen and oxygen atoms in total. The summed E-state index contributed by atoms with van der Waals surface area (Å²) in [5, 5.41) is 6.28. The molecule has 2 aromatic carbocycles. The molecule has 0 saturated carbocycles. The zero-order valence-electron chi connectivity index (χ0n) is 19.2. The van der Waals surface area contributed by atoms with Crippen LogP contribution in [0.25, 0.3) is 0 Å². The first-order chi connectivity index (χ1) is 16.3. The predicted octanol–water partition coefficient (Wildman–Crippen LogP) is 2.95. The molecule has 0 bridgehead atoms. The predicted molar refractivity (Wildman–Crippen MR) is 124 cm³/mol. The Morgan fingerprint density at radius 3 is 2.44 bits per heavy atom. The lowest BCUT2D eigenvalue weighted by Crippen LogP contribution is -2.48. The third kappa shape index (κ3) is 2.84. The number of anilines is 1. The lowest BCUT2D eigenvalue weighted by Gasteiger charge is -2.35. The third-order valence-corrected chi connectivity index (χ3v) is 7.08. The van der Waals surface area contributed by atoms with Gasteiger partial charge in [-0.3, -0.25) is 19.4 Å². The molecule has 2 saturated heterocycles. The molecule has 2 fully saturated rings. The number of ether oxygens (including phenoxy) is 2. The fourth-order valence-electron chi connectivity index (χ4n) is 5.54. The van der Waals surface area contributed by atoms with Crippen molar-refractivity contribution in [3.8, 4) is 11.5 Å². The standard InChI is InChI=1S/C26H25N3O5/c1-26(2,3)23(30)22-20-19(21-16-7-5-4-6-14(16)13-27-29(21)22)24(31)28(25(20)32)15-8-9-17-18(12-15)34-11-10-33-17/h4-9,12-13,19-22H,10-11H2,1-3H3/t19-,20+,21?,22-/m1/s1. The molecule has 2 amide bonds. The number of nitrogens with zero attached hydrogens (tertiary/aromatic N) is 3. The molecule has 1 unspecified atom stereocenters. The molecule has 2 aromatic rings. The van der Waals surface area contributed by atoms with E-state index in [0.717, 1.165) is 11.1 Å². The number of carbonyl (C=O) groups excluding carboxylic acids is 3. The SMILES string of the molecule is CC(C)(C)C(=O)[C@H]1[C@H]2C(=O)N(c3ccc4c(c3)OCCO4)C(=O)[C@H]2C2c3ccccc3C=NN21. The first-order valence-electron chi connectivity index (χ1n) is 11.5. The van der Waals surface area contributed by atoms with Gasteiger partial charge >= 0.3 is 0 Å². The number of rotatable bonds is 2. The van der Waals surface area contributed by atoms with Crippen molar-refractivity contribution in [1.82, 2.24) is 5.01 Å². The van der Waals surface area contributed by atoms with Gasteiger partial charge in [0.15, 0.2) is 17.3 Å². The summed E-state index contributed by atoms with van der Waals surface area (Å²) in [6, 6.07) is 11.5. The summed E-state index contributed by atoms with van der Waals surface area (Å²) in [6.07, 6.45) is 1.71. The van der Waals surface area contributed by atoms with Gasteiger partial charge in [0.25, 0.3) is 0 Å². The summed E-state index contributed by atoms with van der Waals surface area (Å²) in [5.74, 6) is -1.26. The smallest absolute Gasteiger partial charge is 0.240 e. The second kappa shape index (κ2) is 7.16. The largest absolute Gasteiger partial charge is 0.486 e. The maximum absolute atomic E-state index is 13.9. The van der Waals surface area contributed by atoms with Crippen LogP contribution in [0, 0.1) is 17.3 Å². The Morgan fingerprint density at radius 1 is 0.971 bits per heavy atom. The van der Waals surface area contributed by atoms with E-state index in [4.69, 9.17) is 9.47 Å². The van der Waals surface area contributed by atoms with Crippen LogP contribution in [-0.4, -0.2) is 48.1 Å². The molecule has 0 N–H and O–H groups in total. The molecular weight excluding hydrogens is 434 g/mol. The second-order valence-electron chi connectivity index (χ2n) is 10.1. The Labute approximate surface area is 197 Å². The number of hydrogen-bond donors (Lipinski definition) is 0. The maximum atomic E-state index is 13.9. The number of imide groups is 1. The normalized spacial score (nSPS) is 26.9. The van der Waals surface area contributed by atoms with Gasteiger partial charge in [-0.15, -0.1) is 0 Å². The highest BCUT2D eigenvalue weighted by Gasteiger charge is 2.66. The Bertz CT molecular complexity index is 1260. The van der Waals surface area contributed by atoms with Crippen LogP contribution in [0.5, 0.6) is 11.5 Å². The number of hydrazone groups is 1. The van der Waals surface area contributed by atoms with E-state index in [1.165, 1.54) is 4.90 Å². The molecule has 0 spiro atoms. The van der Waals surface area contributed by atoms with E-state index in [9.17, 15) is 14.4 Å². The average Bonchev–Trinajstić information content (AvgIpc) is 3.30. The van der Waals surface area contributed by atoms with E-state index < -0.39 is 29.3 Å². The van der Waals surface area contributed by atoms with Crippen molar-refractivity contribution in [1.29, 1.82) is 0 Å². The van der Waals surface area contributed by atoms with Crippen LogP contribution >= 0.6 is 0 Å². The minimum Gasteiger partial charge on any atom is -0.486 e. The van der Waals surface area contributed by atoms with Crippen molar-refractivity contribution in [2.75, 3.05) is 18.1 Å². The summed E-state index contributed by atoms with van der Waals surface area (Å²) in [5.41, 5.74) is 1.52. The van der Waals surface area contributed by atoms with Crippen molar-refractivity contribution in [3.63, 3.8) is 0 Å². The van der Waals surface area contributed by atoms with Crippen molar-refractivity contribution in [2.45, 2.75) is 32.9 Å². The van der Waals surface area contributed by atoms with Crippen LogP contribution in [0.4, 0.5) is 5.69 Å². The summed E-state index contributed by atoms with van der Waals surface area (Å²) < 4.78 is 11.3. The zero-order valence-corrected chi connectivity index (χ0v) is 19.2. The lowest BCUT2D eigenvalue weighted by molar-refractivity contribution is -0.136. The van der Waals surface area contributed by atoms with Gasteiger partial charge in [0.05, 0.1) is 29.8 Å². The third-order valence-electron chi connectivity index (χ3n) is 7.08. The minimum atomic E-state index is -0.821. The molecule has 4 atom stereocenters. The number of amides is 2. The van der Waals surface area contributed by atoms with Crippen LogP contribution in [0.15, 0.2) is 47.6 Å². The Morgan fingerprint density at radius 2 is 1.68 bits per heavy atom. The van der Waals surface area contributed by atoms with Crippen LogP contribution in [0.2, 0.25) is 0 Å². The van der Waals surface area contributed by atoms with E-state index in [0.29, 0.717) is 30.4 Å². The number of ketones is 1. The molecule has 174 valence electrons. The number of hydrogen-bond acceptors (Lipinski definition) is 7. The van der Waals surface area contributed by atoms with Crippen LogP contribution in [0.3, 0.4) is 0 Å². The zero-order chi connectivity index (χ0) is 23.8. The molecule has 34 heavy (non-hydrogen) atoms. The summed E-state index contributed by atoms with van der Waals surface area (Å²) in [6.45, 7) is 6.35. The molecular formula is C26H25N3O5. The van der Waals surface area contributed by atoms with Gasteiger partial charge in [-0.2, -0.15) is 5.10 Å². The van der Waals surface area contributed by atoms with E-state index >= 15 is 0 Å². The highest BCUT2D eigenvalue weighted by atomic mass is 16.6. The fourth-order valence-corrected chi connectivity index (χ4v) is 5.54. The van der Waals surface area contributed by atoms with Gasteiger partial charge in [-0.25, -0.2) is 4.90 Å². The summed E-state index contributed by atoms with van der Waals surface area (Å²) in [7, 11) is 0. The van der Waals surface area contributed by atoms with Gasteiger partial charge in [-0.05, 0) is 23.3 Å². The van der Waals surface area contributed by atoms with Crippen LogP contribution < -0.4 is 14.4 Å². The number of carbonyl (C=O) groups is 3. The molecule has 8 heteroatoms. The van der Waals surface area contributed by atoms with Crippen molar-refractivity contribution in [2.24, 2.45) is 22.4 Å². The number of benzene rings is 2. The average molecular weight is 460 g/mol. The maximum Gasteiger partial charge on any atom is 0.240 e. The highest BCUT2D eigenvalue weighted by molar-refractivity contribution is 6.24. The Kier molecular flexibility index (Phi) is 4.40. The van der Waals surface area contributed by atoms with Crippen molar-refractivity contribution in [3.05, 3.63) is 53.6 Å². The molecule has 0 aromatic heterocycles. The first-order valence-corrected chi connectivity index (χ1v) is 11.5. The molecule has 6 rings (SSSR count). The van der Waals surface area contributed by atoms with E-state index in [1.54, 1.807) is 29.4 Å². The quantitative estimate of drug-likeness (QED) is 0.642. The summed E-state index contributed by atoms with van der Waals surface area (Å²) in [4.78, 5) is 42.6. The monoisotopic (exact) mass is 459 g/mol. The van der Waals surface area contributed by atoms with Gasteiger partial charge < -0.3 is 9.47 Å². The second-order valence-corrected chi connectivity index (χ2v) is 10.1. The molecule has 4 heterocycles. The van der Waals surface area contributed by atoms with E-state index in [1.807, 2.05) is 45.0 Å². The fraction of sp³-hybridized carbons (Fsp3) is 0.385. The number of fused-ring (bicyclic) bond motifs is 6. The van der Waals surface area contributed by atoms with Crippen molar-refractivity contribution >= 4 is 29.5 Å². The van der Waals surface area contributed by atoms with Gasteiger partial charge in [0.2, 0.25) is 11.8 Å². The topological polar surface area (TPSA) is 88.5 Å². The Hall–Kier alpha value is -3.68.